The van der Waals surface area contributed by atoms with Crippen LogP contribution in [0.4, 0.5) is 5.95 Å². The molecule has 1 saturated heterocycles. The number of phosphoric ester groups is 1. The number of H-pyrrole nitrogens is 1. The van der Waals surface area contributed by atoms with Crippen molar-refractivity contribution in [3.63, 3.8) is 0 Å². The van der Waals surface area contributed by atoms with Gasteiger partial charge in [-0.2, -0.15) is 4.98 Å². The molecule has 1 aliphatic heterocycles. The molecule has 4 atom stereocenters. The Balaban J connectivity index is 2.05. The second-order valence-corrected chi connectivity index (χ2v) is 6.46. The predicted octanol–water partition coefficient (Wildman–Crippen LogP) is -1.49. The summed E-state index contributed by atoms with van der Waals surface area (Å²) in [6.07, 6.45) is -4.92. The van der Waals surface area contributed by atoms with E-state index < -0.39 is 43.7 Å². The van der Waals surface area contributed by atoms with E-state index in [0.717, 1.165) is 10.9 Å². The third kappa shape index (κ3) is 3.16. The second kappa shape index (κ2) is 5.91. The lowest BCUT2D eigenvalue weighted by molar-refractivity contribution is -0.0338. The summed E-state index contributed by atoms with van der Waals surface area (Å²) in [7, 11) is -5.00. The standard InChI is InChI=1S/C11H14N5O8P/c1-3(17)6-7(24-25(20,21)22)5(18)10(23-6)16-2-13-4-8(16)14-11(12)15-9(4)19/h2,5-7,10,17-18H,1H2,(H2,20,21,22)(H3,12,14,15,19)/t5-,6-,7+,10-/m1/s1. The number of aromatic amines is 1. The number of anilines is 1. The van der Waals surface area contributed by atoms with Crippen LogP contribution in [-0.2, 0) is 13.8 Å². The Morgan fingerprint density at radius 1 is 1.52 bits per heavy atom. The number of imidazole rings is 1. The summed E-state index contributed by atoms with van der Waals surface area (Å²) in [5, 5.41) is 19.9. The van der Waals surface area contributed by atoms with Gasteiger partial charge < -0.3 is 30.5 Å². The molecule has 3 heterocycles. The van der Waals surface area contributed by atoms with E-state index in [4.69, 9.17) is 20.3 Å². The Kier molecular flexibility index (Phi) is 4.15. The quantitative estimate of drug-likeness (QED) is 0.268. The van der Waals surface area contributed by atoms with Crippen LogP contribution in [0.2, 0.25) is 0 Å². The minimum atomic E-state index is -5.00. The van der Waals surface area contributed by atoms with Crippen molar-refractivity contribution in [1.29, 1.82) is 0 Å². The lowest BCUT2D eigenvalue weighted by Gasteiger charge is -2.20. The maximum atomic E-state index is 11.8. The van der Waals surface area contributed by atoms with Crippen LogP contribution in [0, 0.1) is 0 Å². The monoisotopic (exact) mass is 375 g/mol. The first-order chi connectivity index (χ1) is 11.6. The van der Waals surface area contributed by atoms with Gasteiger partial charge in [0, 0.05) is 0 Å². The highest BCUT2D eigenvalue weighted by Crippen LogP contribution is 2.45. The van der Waals surface area contributed by atoms with E-state index in [9.17, 15) is 19.6 Å². The number of hydrogen-bond acceptors (Lipinski definition) is 9. The van der Waals surface area contributed by atoms with Crippen LogP contribution in [0.15, 0.2) is 23.5 Å². The number of phosphoric acid groups is 1. The van der Waals surface area contributed by atoms with E-state index in [-0.39, 0.29) is 17.1 Å². The van der Waals surface area contributed by atoms with E-state index in [1.54, 1.807) is 0 Å². The van der Waals surface area contributed by atoms with Gasteiger partial charge in [0.2, 0.25) is 5.95 Å². The average Bonchev–Trinajstić information content (AvgIpc) is 3.00. The van der Waals surface area contributed by atoms with Gasteiger partial charge in [-0.05, 0) is 0 Å². The van der Waals surface area contributed by atoms with E-state index >= 15 is 0 Å². The van der Waals surface area contributed by atoms with Gasteiger partial charge in [-0.15, -0.1) is 0 Å². The summed E-state index contributed by atoms with van der Waals surface area (Å²) in [5.74, 6) is -0.826. The molecular formula is C11H14N5O8P. The first kappa shape index (κ1) is 17.5. The first-order valence-corrected chi connectivity index (χ1v) is 8.29. The van der Waals surface area contributed by atoms with Crippen molar-refractivity contribution in [2.45, 2.75) is 24.5 Å². The molecule has 2 aromatic rings. The number of fused-ring (bicyclic) bond motifs is 1. The SMILES string of the molecule is C=C(O)[C@H]1O[C@@H](n2cnc3c(=O)[nH]c(N)nc32)[C@H](O)[C@@H]1OP(=O)(O)O. The molecule has 1 aliphatic rings. The molecule has 13 nitrogen and oxygen atoms in total. The summed E-state index contributed by atoms with van der Waals surface area (Å²) in [6.45, 7) is 3.23. The minimum Gasteiger partial charge on any atom is -0.510 e. The molecule has 1 fully saturated rings. The van der Waals surface area contributed by atoms with E-state index in [1.807, 2.05) is 0 Å². The highest BCUT2D eigenvalue weighted by Gasteiger charge is 2.50. The van der Waals surface area contributed by atoms with Gasteiger partial charge in [0.05, 0.1) is 6.33 Å². The fourth-order valence-electron chi connectivity index (χ4n) is 2.55. The molecule has 7 N–H and O–H groups in total. The Morgan fingerprint density at radius 3 is 2.80 bits per heavy atom. The molecule has 25 heavy (non-hydrogen) atoms. The van der Waals surface area contributed by atoms with Crippen molar-refractivity contribution < 1.29 is 33.8 Å². The summed E-state index contributed by atoms with van der Waals surface area (Å²) in [4.78, 5) is 39.7. The molecule has 2 aromatic heterocycles. The normalized spacial score (nSPS) is 27.0. The molecule has 0 amide bonds. The van der Waals surface area contributed by atoms with Crippen molar-refractivity contribution in [2.24, 2.45) is 0 Å². The molecule has 14 heteroatoms. The van der Waals surface area contributed by atoms with Gasteiger partial charge in [-0.3, -0.25) is 18.9 Å². The zero-order valence-corrected chi connectivity index (χ0v) is 13.3. The molecule has 0 aromatic carbocycles. The molecule has 0 unspecified atom stereocenters. The van der Waals surface area contributed by atoms with Crippen LogP contribution in [0.3, 0.4) is 0 Å². The van der Waals surface area contributed by atoms with Crippen LogP contribution in [0.5, 0.6) is 0 Å². The molecule has 0 spiro atoms. The number of aliphatic hydroxyl groups excluding tert-OH is 2. The average molecular weight is 375 g/mol. The van der Waals surface area contributed by atoms with Gasteiger partial charge in [0.15, 0.2) is 17.4 Å². The van der Waals surface area contributed by atoms with Crippen LogP contribution >= 0.6 is 7.82 Å². The number of nitrogens with one attached hydrogen (secondary N) is 1. The Bertz CT molecular complexity index is 934. The fourth-order valence-corrected chi connectivity index (χ4v) is 3.11. The zero-order chi connectivity index (χ0) is 18.5. The maximum absolute atomic E-state index is 11.8. The zero-order valence-electron chi connectivity index (χ0n) is 12.4. The lowest BCUT2D eigenvalue weighted by atomic mass is 10.1. The first-order valence-electron chi connectivity index (χ1n) is 6.76. The van der Waals surface area contributed by atoms with Crippen molar-refractivity contribution >= 4 is 24.9 Å². The summed E-state index contributed by atoms with van der Waals surface area (Å²) in [5.41, 5.74) is 4.72. The van der Waals surface area contributed by atoms with Crippen LogP contribution < -0.4 is 11.3 Å². The molecular weight excluding hydrogens is 361 g/mol. The topological polar surface area (TPSA) is 206 Å². The van der Waals surface area contributed by atoms with Crippen molar-refractivity contribution in [3.8, 4) is 0 Å². The molecule has 0 radical (unpaired) electrons. The third-order valence-electron chi connectivity index (χ3n) is 3.53. The number of hydrogen-bond donors (Lipinski definition) is 6. The van der Waals surface area contributed by atoms with Crippen molar-refractivity contribution in [2.75, 3.05) is 5.73 Å². The second-order valence-electron chi connectivity index (χ2n) is 5.26. The maximum Gasteiger partial charge on any atom is 0.470 e. The number of aromatic nitrogens is 4. The van der Waals surface area contributed by atoms with Crippen LogP contribution in [0.1, 0.15) is 6.23 Å². The molecule has 0 aliphatic carbocycles. The largest absolute Gasteiger partial charge is 0.510 e. The number of aliphatic hydroxyl groups is 2. The predicted molar refractivity (Wildman–Crippen MR) is 81.2 cm³/mol. The van der Waals surface area contributed by atoms with Gasteiger partial charge >= 0.3 is 7.82 Å². The smallest absolute Gasteiger partial charge is 0.470 e. The highest BCUT2D eigenvalue weighted by atomic mass is 31.2. The highest BCUT2D eigenvalue weighted by molar-refractivity contribution is 7.46. The van der Waals surface area contributed by atoms with E-state index in [2.05, 4.69) is 26.1 Å². The van der Waals surface area contributed by atoms with Gasteiger partial charge in [0.1, 0.15) is 24.1 Å². The molecule has 136 valence electrons. The fraction of sp³-hybridized carbons (Fsp3) is 0.364. The van der Waals surface area contributed by atoms with Gasteiger partial charge in [-0.25, -0.2) is 9.55 Å². The molecule has 3 rings (SSSR count). The van der Waals surface area contributed by atoms with Gasteiger partial charge in [0.25, 0.3) is 5.56 Å². The van der Waals surface area contributed by atoms with Crippen molar-refractivity contribution in [3.05, 3.63) is 29.0 Å². The lowest BCUT2D eigenvalue weighted by Crippen LogP contribution is -2.34. The number of rotatable bonds is 4. The number of nitrogens with zero attached hydrogens (tertiary/aromatic N) is 3. The molecule has 0 bridgehead atoms. The van der Waals surface area contributed by atoms with E-state index in [1.165, 1.54) is 0 Å². The number of ether oxygens (including phenoxy) is 1. The molecule has 0 saturated carbocycles. The Labute approximate surface area is 138 Å². The number of nitrogen functional groups attached to an aromatic ring is 1. The summed E-state index contributed by atoms with van der Waals surface area (Å²) >= 11 is 0. The van der Waals surface area contributed by atoms with Crippen LogP contribution in [0.25, 0.3) is 11.2 Å². The Hall–Kier alpha value is -2.28. The summed E-state index contributed by atoms with van der Waals surface area (Å²) < 4.78 is 22.1. The summed E-state index contributed by atoms with van der Waals surface area (Å²) in [6, 6.07) is 0. The third-order valence-corrected chi connectivity index (χ3v) is 4.04. The Morgan fingerprint density at radius 2 is 2.20 bits per heavy atom. The van der Waals surface area contributed by atoms with E-state index in [0.29, 0.717) is 0 Å². The van der Waals surface area contributed by atoms with Crippen molar-refractivity contribution in [1.82, 2.24) is 19.5 Å². The minimum absolute atomic E-state index is 0.0376. The number of nitrogens with two attached hydrogens (primary N) is 1. The van der Waals surface area contributed by atoms with Gasteiger partial charge in [-0.1, -0.05) is 6.58 Å². The van der Waals surface area contributed by atoms with Crippen LogP contribution in [-0.4, -0.2) is 57.8 Å².